The summed E-state index contributed by atoms with van der Waals surface area (Å²) >= 11 is 0. The highest BCUT2D eigenvalue weighted by molar-refractivity contribution is 7.47. The van der Waals surface area contributed by atoms with Crippen LogP contribution in [0.1, 0.15) is 25.0 Å². The zero-order valence-electron chi connectivity index (χ0n) is 13.5. The predicted molar refractivity (Wildman–Crippen MR) is 100 cm³/mol. The highest BCUT2D eigenvalue weighted by atomic mass is 31.1. The van der Waals surface area contributed by atoms with E-state index < -0.39 is 0 Å². The molecule has 0 heterocycles. The zero-order chi connectivity index (χ0) is 15.1. The average Bonchev–Trinajstić information content (AvgIpc) is 2.49. The number of hydrogen-bond acceptors (Lipinski definition) is 0. The molecule has 0 bridgehead atoms. The lowest BCUT2D eigenvalue weighted by Crippen LogP contribution is -2.10. The fourth-order valence-corrected chi connectivity index (χ4v) is 4.09. The SMILES string of the molecule is CC.CPc1cccc(C)c1-c1c(C)cccc1PC. The van der Waals surface area contributed by atoms with Gasteiger partial charge in [0, 0.05) is 0 Å². The fourth-order valence-electron chi connectivity index (χ4n) is 2.42. The zero-order valence-corrected chi connectivity index (χ0v) is 15.5. The normalized spacial score (nSPS) is 11.1. The van der Waals surface area contributed by atoms with E-state index in [2.05, 4.69) is 63.6 Å². The maximum Gasteiger partial charge on any atom is -0.00715 e. The van der Waals surface area contributed by atoms with E-state index in [0.29, 0.717) is 0 Å². The predicted octanol–water partition coefficient (Wildman–Crippen LogP) is 4.86. The summed E-state index contributed by atoms with van der Waals surface area (Å²) in [5.74, 6) is 0. The molecule has 2 rings (SSSR count). The first-order chi connectivity index (χ1) is 9.69. The van der Waals surface area contributed by atoms with E-state index in [0.717, 1.165) is 17.2 Å². The number of aryl methyl sites for hydroxylation is 2. The van der Waals surface area contributed by atoms with Crippen molar-refractivity contribution in [3.8, 4) is 11.1 Å². The van der Waals surface area contributed by atoms with Crippen molar-refractivity contribution in [1.82, 2.24) is 0 Å². The van der Waals surface area contributed by atoms with Gasteiger partial charge in [0.15, 0.2) is 0 Å². The number of benzene rings is 2. The minimum atomic E-state index is 0.848. The quantitative estimate of drug-likeness (QED) is 0.710. The molecular formula is C18H26P2. The maximum atomic E-state index is 2.27. The standard InChI is InChI=1S/C16H20P2.C2H6/c1-11-7-5-9-13(17-3)15(11)16-12(2)8-6-10-14(16)18-4;1-2/h5-10,17-18H,1-4H3;1-2H3. The smallest absolute Gasteiger partial charge is 0.00715 e. The van der Waals surface area contributed by atoms with Gasteiger partial charge >= 0.3 is 0 Å². The van der Waals surface area contributed by atoms with E-state index >= 15 is 0 Å². The Morgan fingerprint density at radius 2 is 1.00 bits per heavy atom. The van der Waals surface area contributed by atoms with Crippen molar-refractivity contribution in [2.45, 2.75) is 27.7 Å². The van der Waals surface area contributed by atoms with Crippen LogP contribution in [-0.4, -0.2) is 13.3 Å². The Balaban J connectivity index is 0.000000956. The molecule has 0 amide bonds. The molecule has 2 heteroatoms. The summed E-state index contributed by atoms with van der Waals surface area (Å²) in [5.41, 5.74) is 5.74. The van der Waals surface area contributed by atoms with E-state index in [1.165, 1.54) is 32.9 Å². The molecule has 2 aromatic rings. The lowest BCUT2D eigenvalue weighted by molar-refractivity contribution is 1.43. The Hall–Kier alpha value is -0.700. The molecule has 2 aromatic carbocycles. The second kappa shape index (κ2) is 8.56. The van der Waals surface area contributed by atoms with Gasteiger partial charge in [-0.1, -0.05) is 67.4 Å². The highest BCUT2D eigenvalue weighted by Gasteiger charge is 2.12. The first kappa shape index (κ1) is 17.4. The van der Waals surface area contributed by atoms with Gasteiger partial charge in [-0.05, 0) is 60.0 Å². The van der Waals surface area contributed by atoms with Crippen molar-refractivity contribution >= 4 is 27.8 Å². The maximum absolute atomic E-state index is 2.27. The Kier molecular flexibility index (Phi) is 7.42. The van der Waals surface area contributed by atoms with E-state index in [9.17, 15) is 0 Å². The van der Waals surface area contributed by atoms with Gasteiger partial charge in [0.25, 0.3) is 0 Å². The topological polar surface area (TPSA) is 0 Å². The van der Waals surface area contributed by atoms with Crippen molar-refractivity contribution in [3.05, 3.63) is 47.5 Å². The largest absolute Gasteiger partial charge is 0.0929 e. The number of hydrogen-bond donors (Lipinski definition) is 0. The summed E-state index contributed by atoms with van der Waals surface area (Å²) in [6, 6.07) is 13.4. The molecule has 0 N–H and O–H groups in total. The van der Waals surface area contributed by atoms with Crippen LogP contribution < -0.4 is 10.6 Å². The fraction of sp³-hybridized carbons (Fsp3) is 0.333. The molecule has 2 unspecified atom stereocenters. The molecule has 0 saturated carbocycles. The van der Waals surface area contributed by atoms with Crippen molar-refractivity contribution in [2.24, 2.45) is 0 Å². The lowest BCUT2D eigenvalue weighted by atomic mass is 9.96. The van der Waals surface area contributed by atoms with Crippen LogP contribution in [0.25, 0.3) is 11.1 Å². The lowest BCUT2D eigenvalue weighted by Gasteiger charge is -2.17. The van der Waals surface area contributed by atoms with E-state index in [1.807, 2.05) is 13.8 Å². The third-order valence-electron chi connectivity index (χ3n) is 3.33. The van der Waals surface area contributed by atoms with Crippen LogP contribution in [-0.2, 0) is 0 Å². The highest BCUT2D eigenvalue weighted by Crippen LogP contribution is 2.29. The molecule has 0 fully saturated rings. The Morgan fingerprint density at radius 1 is 0.650 bits per heavy atom. The second-order valence-electron chi connectivity index (χ2n) is 4.49. The monoisotopic (exact) mass is 304 g/mol. The molecule has 2 atom stereocenters. The molecule has 0 nitrogen and oxygen atoms in total. The van der Waals surface area contributed by atoms with Crippen molar-refractivity contribution in [1.29, 1.82) is 0 Å². The van der Waals surface area contributed by atoms with Crippen LogP contribution in [0.5, 0.6) is 0 Å². The van der Waals surface area contributed by atoms with E-state index in [4.69, 9.17) is 0 Å². The molecule has 108 valence electrons. The van der Waals surface area contributed by atoms with Gasteiger partial charge in [0.05, 0.1) is 0 Å². The molecule has 0 aliphatic rings. The second-order valence-corrected chi connectivity index (χ2v) is 6.57. The molecule has 0 saturated heterocycles. The van der Waals surface area contributed by atoms with Crippen molar-refractivity contribution in [3.63, 3.8) is 0 Å². The molecule has 0 aliphatic heterocycles. The van der Waals surface area contributed by atoms with Crippen LogP contribution in [0.4, 0.5) is 0 Å². The van der Waals surface area contributed by atoms with E-state index in [1.54, 1.807) is 0 Å². The third kappa shape index (κ3) is 3.69. The van der Waals surface area contributed by atoms with Crippen molar-refractivity contribution < 1.29 is 0 Å². The Morgan fingerprint density at radius 3 is 1.30 bits per heavy atom. The Bertz CT molecular complexity index is 508. The molecule has 0 aromatic heterocycles. The van der Waals surface area contributed by atoms with Gasteiger partial charge in [0.2, 0.25) is 0 Å². The first-order valence-electron chi connectivity index (χ1n) is 7.24. The van der Waals surface area contributed by atoms with Gasteiger partial charge < -0.3 is 0 Å². The van der Waals surface area contributed by atoms with Gasteiger partial charge in [0.1, 0.15) is 0 Å². The molecule has 0 spiro atoms. The van der Waals surface area contributed by atoms with Crippen LogP contribution in [0, 0.1) is 13.8 Å². The summed E-state index contributed by atoms with van der Waals surface area (Å²) in [7, 11) is 1.70. The van der Waals surface area contributed by atoms with Crippen LogP contribution >= 0.6 is 17.2 Å². The minimum absolute atomic E-state index is 0.848. The minimum Gasteiger partial charge on any atom is -0.0929 e. The van der Waals surface area contributed by atoms with Crippen LogP contribution in [0.3, 0.4) is 0 Å². The van der Waals surface area contributed by atoms with Crippen LogP contribution in [0.2, 0.25) is 0 Å². The van der Waals surface area contributed by atoms with Gasteiger partial charge in [-0.15, -0.1) is 0 Å². The first-order valence-corrected chi connectivity index (χ1v) is 10.2. The van der Waals surface area contributed by atoms with Gasteiger partial charge in [-0.2, -0.15) is 0 Å². The molecular weight excluding hydrogens is 278 g/mol. The summed E-state index contributed by atoms with van der Waals surface area (Å²) in [6.45, 7) is 13.0. The van der Waals surface area contributed by atoms with E-state index in [-0.39, 0.29) is 0 Å². The van der Waals surface area contributed by atoms with Gasteiger partial charge in [-0.3, -0.25) is 0 Å². The molecule has 20 heavy (non-hydrogen) atoms. The molecule has 0 radical (unpaired) electrons. The number of rotatable bonds is 3. The van der Waals surface area contributed by atoms with Crippen LogP contribution in [0.15, 0.2) is 36.4 Å². The third-order valence-corrected chi connectivity index (χ3v) is 5.24. The summed E-state index contributed by atoms with van der Waals surface area (Å²) in [6.07, 6.45) is 0. The van der Waals surface area contributed by atoms with Gasteiger partial charge in [-0.25, -0.2) is 0 Å². The summed E-state index contributed by atoms with van der Waals surface area (Å²) in [5, 5.41) is 2.98. The average molecular weight is 304 g/mol. The molecule has 0 aliphatic carbocycles. The Labute approximate surface area is 128 Å². The summed E-state index contributed by atoms with van der Waals surface area (Å²) < 4.78 is 0. The van der Waals surface area contributed by atoms with Crippen molar-refractivity contribution in [2.75, 3.05) is 13.3 Å². The summed E-state index contributed by atoms with van der Waals surface area (Å²) in [4.78, 5) is 0.